The first-order valence-electron chi connectivity index (χ1n) is 12.4. The topological polar surface area (TPSA) is 55.6 Å². The largest absolute Gasteiger partial charge is 0.495 e. The van der Waals surface area contributed by atoms with E-state index in [9.17, 15) is 0 Å². The number of methoxy groups -OCH3 is 1. The maximum absolute atomic E-state index is 6.26. The molecule has 0 amide bonds. The molecule has 2 fully saturated rings. The number of rotatable bonds is 6. The molecule has 35 heavy (non-hydrogen) atoms. The van der Waals surface area contributed by atoms with Crippen molar-refractivity contribution in [2.75, 3.05) is 31.6 Å². The molecule has 186 valence electrons. The molecule has 5 rings (SSSR count). The van der Waals surface area contributed by atoms with Crippen molar-refractivity contribution in [3.63, 3.8) is 0 Å². The summed E-state index contributed by atoms with van der Waals surface area (Å²) < 4.78 is 13.3. The Morgan fingerprint density at radius 1 is 1.06 bits per heavy atom. The van der Waals surface area contributed by atoms with Crippen molar-refractivity contribution in [2.45, 2.75) is 51.8 Å². The van der Waals surface area contributed by atoms with Gasteiger partial charge in [-0.2, -0.15) is 5.10 Å². The zero-order chi connectivity index (χ0) is 24.5. The Bertz CT molecular complexity index is 1200. The van der Waals surface area contributed by atoms with Gasteiger partial charge < -0.3 is 14.4 Å². The van der Waals surface area contributed by atoms with E-state index in [1.165, 1.54) is 41.6 Å². The summed E-state index contributed by atoms with van der Waals surface area (Å²) in [6.45, 7) is 7.88. The van der Waals surface area contributed by atoms with E-state index in [0.717, 1.165) is 37.0 Å². The molecule has 8 heteroatoms. The number of hydrogen-bond acceptors (Lipinski definition) is 6. The Labute approximate surface area is 212 Å². The molecule has 0 saturated carbocycles. The first kappa shape index (κ1) is 23.9. The quantitative estimate of drug-likeness (QED) is 0.475. The normalized spacial score (nSPS) is 20.5. The predicted molar refractivity (Wildman–Crippen MR) is 139 cm³/mol. The van der Waals surface area contributed by atoms with Gasteiger partial charge >= 0.3 is 0 Å². The van der Waals surface area contributed by atoms with Crippen molar-refractivity contribution in [2.24, 2.45) is 7.05 Å². The predicted octanol–water partition coefficient (Wildman–Crippen LogP) is 5.09. The number of piperidine rings is 1. The van der Waals surface area contributed by atoms with E-state index < -0.39 is 0 Å². The molecule has 2 saturated heterocycles. The van der Waals surface area contributed by atoms with Gasteiger partial charge in [0, 0.05) is 50.5 Å². The molecule has 0 bridgehead atoms. The first-order valence-corrected chi connectivity index (χ1v) is 12.7. The molecule has 2 atom stereocenters. The average Bonchev–Trinajstić information content (AvgIpc) is 3.29. The summed E-state index contributed by atoms with van der Waals surface area (Å²) in [5.74, 6) is 2.47. The molecule has 2 aliphatic rings. The second-order valence-electron chi connectivity index (χ2n) is 9.59. The van der Waals surface area contributed by atoms with Crippen molar-refractivity contribution in [1.82, 2.24) is 19.7 Å². The van der Waals surface area contributed by atoms with Crippen molar-refractivity contribution >= 4 is 17.3 Å². The van der Waals surface area contributed by atoms with Gasteiger partial charge in [-0.15, -0.1) is 0 Å². The smallest absolute Gasteiger partial charge is 0.164 e. The molecular weight excluding hydrogens is 462 g/mol. The molecule has 0 radical (unpaired) electrons. The summed E-state index contributed by atoms with van der Waals surface area (Å²) in [5.41, 5.74) is 5.15. The van der Waals surface area contributed by atoms with E-state index in [1.807, 2.05) is 13.1 Å². The number of benzene rings is 2. The monoisotopic (exact) mass is 495 g/mol. The van der Waals surface area contributed by atoms with Crippen molar-refractivity contribution in [3.8, 4) is 11.5 Å². The second kappa shape index (κ2) is 10.1. The summed E-state index contributed by atoms with van der Waals surface area (Å²) in [7, 11) is 3.56. The number of hydrogen-bond donors (Lipinski definition) is 0. The Morgan fingerprint density at radius 2 is 1.91 bits per heavy atom. The number of halogens is 1. The van der Waals surface area contributed by atoms with Crippen LogP contribution in [0.3, 0.4) is 0 Å². The molecule has 0 spiro atoms. The molecular formula is C27H34ClN5O2. The maximum Gasteiger partial charge on any atom is 0.164 e. The molecule has 2 aromatic carbocycles. The van der Waals surface area contributed by atoms with E-state index in [-0.39, 0.29) is 0 Å². The van der Waals surface area contributed by atoms with E-state index in [1.54, 1.807) is 18.1 Å². The minimum Gasteiger partial charge on any atom is -0.495 e. The minimum absolute atomic E-state index is 0.416. The highest BCUT2D eigenvalue weighted by Crippen LogP contribution is 2.40. The van der Waals surface area contributed by atoms with Gasteiger partial charge in [0.25, 0.3) is 0 Å². The fourth-order valence-corrected chi connectivity index (χ4v) is 5.79. The Morgan fingerprint density at radius 3 is 2.69 bits per heavy atom. The van der Waals surface area contributed by atoms with Crippen molar-refractivity contribution in [3.05, 3.63) is 64.2 Å². The zero-order valence-electron chi connectivity index (χ0n) is 21.0. The van der Waals surface area contributed by atoms with Crippen molar-refractivity contribution < 1.29 is 9.47 Å². The van der Waals surface area contributed by atoms with Gasteiger partial charge in [-0.25, -0.2) is 4.98 Å². The van der Waals surface area contributed by atoms with Crippen LogP contribution < -0.4 is 14.4 Å². The Hall–Kier alpha value is -2.77. The van der Waals surface area contributed by atoms with Crippen LogP contribution in [0, 0.1) is 13.8 Å². The fraction of sp³-hybridized carbons (Fsp3) is 0.481. The summed E-state index contributed by atoms with van der Waals surface area (Å²) in [6, 6.07) is 11.5. The van der Waals surface area contributed by atoms with Crippen LogP contribution in [-0.2, 0) is 13.7 Å². The van der Waals surface area contributed by atoms with E-state index >= 15 is 0 Å². The summed E-state index contributed by atoms with van der Waals surface area (Å²) in [6.07, 6.45) is 5.23. The number of aryl methyl sites for hydroxylation is 1. The second-order valence-corrected chi connectivity index (χ2v) is 10.0. The molecule has 0 N–H and O–H groups in total. The average molecular weight is 496 g/mol. The maximum atomic E-state index is 6.26. The van der Waals surface area contributed by atoms with Gasteiger partial charge in [-0.05, 0) is 68.0 Å². The summed E-state index contributed by atoms with van der Waals surface area (Å²) in [4.78, 5) is 9.47. The molecule has 0 aliphatic carbocycles. The molecule has 2 aliphatic heterocycles. The lowest BCUT2D eigenvalue weighted by Crippen LogP contribution is -2.56. The van der Waals surface area contributed by atoms with Gasteiger partial charge in [0.1, 0.15) is 24.4 Å². The van der Waals surface area contributed by atoms with E-state index in [4.69, 9.17) is 21.1 Å². The number of nitrogens with zero attached hydrogens (tertiary/aromatic N) is 5. The van der Waals surface area contributed by atoms with Crippen LogP contribution >= 0.6 is 11.6 Å². The van der Waals surface area contributed by atoms with Crippen LogP contribution in [0.5, 0.6) is 11.5 Å². The van der Waals surface area contributed by atoms with Crippen LogP contribution in [-0.4, -0.2) is 52.5 Å². The summed E-state index contributed by atoms with van der Waals surface area (Å²) >= 11 is 6.26. The molecule has 3 heterocycles. The molecule has 1 unspecified atom stereocenters. The third-order valence-electron chi connectivity index (χ3n) is 7.74. The number of aromatic nitrogens is 3. The Kier molecular flexibility index (Phi) is 6.89. The van der Waals surface area contributed by atoms with Gasteiger partial charge in [0.2, 0.25) is 0 Å². The fourth-order valence-electron chi connectivity index (χ4n) is 5.59. The van der Waals surface area contributed by atoms with Crippen LogP contribution in [0.25, 0.3) is 0 Å². The lowest BCUT2D eigenvalue weighted by molar-refractivity contribution is 0.0712. The number of ether oxygens (including phenoxy) is 2. The number of anilines is 1. The minimum atomic E-state index is 0.416. The molecule has 3 aromatic rings. The highest BCUT2D eigenvalue weighted by molar-refractivity contribution is 6.32. The zero-order valence-corrected chi connectivity index (χ0v) is 21.8. The third-order valence-corrected chi connectivity index (χ3v) is 8.06. The number of piperazine rings is 1. The first-order chi connectivity index (χ1) is 17.0. The number of fused-ring (bicyclic) bond motifs is 1. The van der Waals surface area contributed by atoms with Crippen molar-refractivity contribution in [1.29, 1.82) is 0 Å². The van der Waals surface area contributed by atoms with Crippen LogP contribution in [0.15, 0.2) is 36.7 Å². The van der Waals surface area contributed by atoms with Gasteiger partial charge in [-0.3, -0.25) is 9.58 Å². The van der Waals surface area contributed by atoms with Gasteiger partial charge in [-0.1, -0.05) is 17.7 Å². The lowest BCUT2D eigenvalue weighted by atomic mass is 9.86. The highest BCUT2D eigenvalue weighted by atomic mass is 35.5. The highest BCUT2D eigenvalue weighted by Gasteiger charge is 2.36. The van der Waals surface area contributed by atoms with Gasteiger partial charge in [0.05, 0.1) is 12.1 Å². The van der Waals surface area contributed by atoms with E-state index in [2.05, 4.69) is 58.0 Å². The lowest BCUT2D eigenvalue weighted by Gasteiger charge is -2.49. The molecule has 7 nitrogen and oxygen atoms in total. The van der Waals surface area contributed by atoms with Gasteiger partial charge in [0.15, 0.2) is 5.82 Å². The van der Waals surface area contributed by atoms with Crippen LogP contribution in [0.1, 0.15) is 47.8 Å². The van der Waals surface area contributed by atoms with Crippen LogP contribution in [0.4, 0.5) is 5.69 Å². The molecule has 1 aromatic heterocycles. The van der Waals surface area contributed by atoms with E-state index in [0.29, 0.717) is 23.7 Å². The standard InChI is InChI=1S/C27H34ClN5O2/c1-18-19(2)25(35-16-27-29-17-30-31(27)3)11-9-22(18)24-7-5-6-21-15-32(12-13-33(21)24)20-8-10-23(28)26(14-20)34-4/h8-11,14,17,21,24H,5-7,12-13,15-16H2,1-4H3/t21?,24-/m1/s1. The SMILES string of the molecule is COc1cc(N2CCN3C(CCC[C@@H]3c3ccc(OCc4ncnn4C)c(C)c3C)C2)ccc1Cl. The summed E-state index contributed by atoms with van der Waals surface area (Å²) in [5, 5.41) is 4.78. The third kappa shape index (κ3) is 4.71. The Balaban J connectivity index is 1.31. The van der Waals surface area contributed by atoms with Crippen LogP contribution in [0.2, 0.25) is 5.02 Å².